The van der Waals surface area contributed by atoms with Crippen molar-refractivity contribution in [2.24, 2.45) is 0 Å². The molecule has 6 rings (SSSR count). The molecule has 0 aliphatic carbocycles. The Kier molecular flexibility index (Phi) is 5.82. The highest BCUT2D eigenvalue weighted by molar-refractivity contribution is 6.08. The Bertz CT molecular complexity index is 1530. The molecular weight excluding hydrogens is 440 g/mol. The van der Waals surface area contributed by atoms with E-state index in [-0.39, 0.29) is 0 Å². The topological polar surface area (TPSA) is 40.5 Å². The SMILES string of the molecule is O[C@H](c1ccccc1)c1ccc2ccccc2c1-c1c([C@H](O)c2ccccc2)ccc2ccccc12. The molecule has 0 saturated carbocycles. The fourth-order valence-corrected chi connectivity index (χ4v) is 5.22. The molecule has 0 unspecified atom stereocenters. The highest BCUT2D eigenvalue weighted by atomic mass is 16.3. The number of fused-ring (bicyclic) bond motifs is 2. The van der Waals surface area contributed by atoms with Crippen LogP contribution in [0.4, 0.5) is 0 Å². The van der Waals surface area contributed by atoms with Gasteiger partial charge in [-0.25, -0.2) is 0 Å². The summed E-state index contributed by atoms with van der Waals surface area (Å²) in [4.78, 5) is 0. The summed E-state index contributed by atoms with van der Waals surface area (Å²) in [5.41, 5.74) is 5.20. The van der Waals surface area contributed by atoms with Crippen LogP contribution in [-0.4, -0.2) is 10.2 Å². The van der Waals surface area contributed by atoms with Crippen molar-refractivity contribution in [3.8, 4) is 11.1 Å². The van der Waals surface area contributed by atoms with Crippen LogP contribution >= 0.6 is 0 Å². The monoisotopic (exact) mass is 466 g/mol. The summed E-state index contributed by atoms with van der Waals surface area (Å²) < 4.78 is 0. The van der Waals surface area contributed by atoms with Crippen molar-refractivity contribution in [1.82, 2.24) is 0 Å². The van der Waals surface area contributed by atoms with Crippen LogP contribution in [-0.2, 0) is 0 Å². The van der Waals surface area contributed by atoms with Crippen molar-refractivity contribution in [2.45, 2.75) is 12.2 Å². The highest BCUT2D eigenvalue weighted by Crippen LogP contribution is 2.44. The molecule has 0 spiro atoms. The molecule has 0 fully saturated rings. The van der Waals surface area contributed by atoms with E-state index in [1.54, 1.807) is 0 Å². The second-order valence-corrected chi connectivity index (χ2v) is 9.13. The van der Waals surface area contributed by atoms with Gasteiger partial charge in [0, 0.05) is 0 Å². The molecule has 2 atom stereocenters. The molecule has 0 heterocycles. The van der Waals surface area contributed by atoms with E-state index in [0.29, 0.717) is 0 Å². The molecule has 6 aromatic carbocycles. The fraction of sp³-hybridized carbons (Fsp3) is 0.0588. The summed E-state index contributed by atoms with van der Waals surface area (Å²) in [5, 5.41) is 27.6. The molecule has 0 aliphatic rings. The Morgan fingerprint density at radius 2 is 0.722 bits per heavy atom. The summed E-state index contributed by atoms with van der Waals surface area (Å²) in [6.07, 6.45) is -1.63. The molecule has 0 radical (unpaired) electrons. The number of aliphatic hydroxyl groups excluding tert-OH is 2. The lowest BCUT2D eigenvalue weighted by Crippen LogP contribution is -2.07. The first-order chi connectivity index (χ1) is 17.7. The number of aliphatic hydroxyl groups is 2. The zero-order valence-corrected chi connectivity index (χ0v) is 19.8. The summed E-state index contributed by atoms with van der Waals surface area (Å²) in [5.74, 6) is 0. The third kappa shape index (κ3) is 3.87. The average molecular weight is 467 g/mol. The van der Waals surface area contributed by atoms with Crippen LogP contribution in [0.2, 0.25) is 0 Å². The molecule has 0 amide bonds. The van der Waals surface area contributed by atoms with E-state index in [2.05, 4.69) is 36.4 Å². The Hall–Kier alpha value is -4.24. The quantitative estimate of drug-likeness (QED) is 0.272. The van der Waals surface area contributed by atoms with Gasteiger partial charge in [0.05, 0.1) is 0 Å². The van der Waals surface area contributed by atoms with Gasteiger partial charge >= 0.3 is 0 Å². The molecule has 36 heavy (non-hydrogen) atoms. The van der Waals surface area contributed by atoms with Gasteiger partial charge < -0.3 is 10.2 Å². The van der Waals surface area contributed by atoms with Gasteiger partial charge in [-0.15, -0.1) is 0 Å². The fourth-order valence-electron chi connectivity index (χ4n) is 5.22. The van der Waals surface area contributed by atoms with Gasteiger partial charge in [-0.05, 0) is 54.9 Å². The molecule has 2 heteroatoms. The van der Waals surface area contributed by atoms with Crippen LogP contribution in [0.25, 0.3) is 32.7 Å². The van der Waals surface area contributed by atoms with Gasteiger partial charge in [0.2, 0.25) is 0 Å². The largest absolute Gasteiger partial charge is 0.384 e. The molecular formula is C34H26O2. The van der Waals surface area contributed by atoms with E-state index in [1.165, 1.54) is 0 Å². The average Bonchev–Trinajstić information content (AvgIpc) is 2.96. The zero-order chi connectivity index (χ0) is 24.5. The van der Waals surface area contributed by atoms with Crippen molar-refractivity contribution >= 4 is 21.5 Å². The van der Waals surface area contributed by atoms with Crippen LogP contribution in [0.15, 0.2) is 133 Å². The van der Waals surface area contributed by atoms with Gasteiger partial charge in [-0.1, -0.05) is 133 Å². The predicted octanol–water partition coefficient (Wildman–Crippen LogP) is 7.82. The van der Waals surface area contributed by atoms with Crippen molar-refractivity contribution < 1.29 is 10.2 Å². The minimum Gasteiger partial charge on any atom is -0.384 e. The van der Waals surface area contributed by atoms with Crippen LogP contribution in [0.1, 0.15) is 34.5 Å². The van der Waals surface area contributed by atoms with Crippen LogP contribution < -0.4 is 0 Å². The smallest absolute Gasteiger partial charge is 0.105 e. The third-order valence-electron chi connectivity index (χ3n) is 6.99. The molecule has 0 bridgehead atoms. The number of rotatable bonds is 5. The maximum absolute atomic E-state index is 11.6. The van der Waals surface area contributed by atoms with Crippen molar-refractivity contribution in [3.63, 3.8) is 0 Å². The van der Waals surface area contributed by atoms with E-state index in [9.17, 15) is 10.2 Å². The standard InChI is InChI=1S/C34H26O2/c35-33(25-13-3-1-4-14-25)29-21-19-23-11-7-9-17-27(23)31(29)32-28-18-10-8-12-24(28)20-22-30(32)34(36)26-15-5-2-6-16-26/h1-22,33-36H/t33-,34-/m1/s1. The Labute approximate surface area is 210 Å². The summed E-state index contributed by atoms with van der Waals surface area (Å²) in [6.45, 7) is 0. The molecule has 174 valence electrons. The van der Waals surface area contributed by atoms with E-state index in [0.717, 1.165) is 54.9 Å². The van der Waals surface area contributed by atoms with Crippen molar-refractivity contribution in [2.75, 3.05) is 0 Å². The predicted molar refractivity (Wildman–Crippen MR) is 148 cm³/mol. The van der Waals surface area contributed by atoms with Gasteiger partial charge in [0.25, 0.3) is 0 Å². The first kappa shape index (κ1) is 22.2. The normalized spacial score (nSPS) is 13.1. The zero-order valence-electron chi connectivity index (χ0n) is 19.8. The van der Waals surface area contributed by atoms with Crippen LogP contribution in [0.3, 0.4) is 0 Å². The van der Waals surface area contributed by atoms with Crippen LogP contribution in [0, 0.1) is 0 Å². The molecule has 2 nitrogen and oxygen atoms in total. The van der Waals surface area contributed by atoms with Gasteiger partial charge in [0.1, 0.15) is 12.2 Å². The molecule has 0 saturated heterocycles. The lowest BCUT2D eigenvalue weighted by Gasteiger charge is -2.24. The first-order valence-electron chi connectivity index (χ1n) is 12.2. The van der Waals surface area contributed by atoms with E-state index < -0.39 is 12.2 Å². The molecule has 6 aromatic rings. The lowest BCUT2D eigenvalue weighted by atomic mass is 9.82. The molecule has 2 N–H and O–H groups in total. The lowest BCUT2D eigenvalue weighted by molar-refractivity contribution is 0.219. The van der Waals surface area contributed by atoms with Gasteiger partial charge in [-0.2, -0.15) is 0 Å². The van der Waals surface area contributed by atoms with E-state index >= 15 is 0 Å². The van der Waals surface area contributed by atoms with E-state index in [4.69, 9.17) is 0 Å². The first-order valence-corrected chi connectivity index (χ1v) is 12.2. The second kappa shape index (κ2) is 9.43. The Balaban J connectivity index is 1.72. The van der Waals surface area contributed by atoms with Crippen molar-refractivity contribution in [3.05, 3.63) is 156 Å². The maximum atomic E-state index is 11.6. The highest BCUT2D eigenvalue weighted by Gasteiger charge is 2.24. The van der Waals surface area contributed by atoms with E-state index in [1.807, 2.05) is 97.1 Å². The van der Waals surface area contributed by atoms with Gasteiger partial charge in [0.15, 0.2) is 0 Å². The number of hydrogen-bond acceptors (Lipinski definition) is 2. The Morgan fingerprint density at radius 1 is 0.361 bits per heavy atom. The Morgan fingerprint density at radius 3 is 1.14 bits per heavy atom. The van der Waals surface area contributed by atoms with Crippen molar-refractivity contribution in [1.29, 1.82) is 0 Å². The number of hydrogen-bond donors (Lipinski definition) is 2. The van der Waals surface area contributed by atoms with Gasteiger partial charge in [-0.3, -0.25) is 0 Å². The third-order valence-corrected chi connectivity index (χ3v) is 6.99. The molecule has 0 aromatic heterocycles. The summed E-state index contributed by atoms with van der Waals surface area (Å²) in [7, 11) is 0. The second-order valence-electron chi connectivity index (χ2n) is 9.13. The molecule has 0 aliphatic heterocycles. The van der Waals surface area contributed by atoms with Crippen LogP contribution in [0.5, 0.6) is 0 Å². The number of benzene rings is 6. The summed E-state index contributed by atoms with van der Waals surface area (Å²) in [6, 6.07) is 44.2. The summed E-state index contributed by atoms with van der Waals surface area (Å²) >= 11 is 0. The maximum Gasteiger partial charge on any atom is 0.105 e. The minimum absolute atomic E-state index is 0.813. The minimum atomic E-state index is -0.813.